The van der Waals surface area contributed by atoms with Crippen LogP contribution in [0.15, 0.2) is 36.5 Å². The van der Waals surface area contributed by atoms with Crippen molar-refractivity contribution in [2.24, 2.45) is 5.73 Å². The molecule has 1 aromatic heterocycles. The monoisotopic (exact) mass is 306 g/mol. The molecule has 0 aliphatic heterocycles. The van der Waals surface area contributed by atoms with Crippen LogP contribution in [0.2, 0.25) is 5.02 Å². The maximum Gasteiger partial charge on any atom is 0.161 e. The summed E-state index contributed by atoms with van der Waals surface area (Å²) < 4.78 is 11.2. The second-order valence-corrected chi connectivity index (χ2v) is 4.83. The molecule has 0 aliphatic rings. The van der Waals surface area contributed by atoms with Crippen molar-refractivity contribution in [2.45, 2.75) is 19.9 Å². The third kappa shape index (κ3) is 3.65. The van der Waals surface area contributed by atoms with Gasteiger partial charge in [0, 0.05) is 6.20 Å². The normalized spacial score (nSPS) is 12.0. The molecule has 0 radical (unpaired) electrons. The van der Waals surface area contributed by atoms with Crippen LogP contribution in [-0.2, 0) is 0 Å². The molecule has 0 fully saturated rings. The average Bonchev–Trinajstić information content (AvgIpc) is 2.49. The van der Waals surface area contributed by atoms with Crippen LogP contribution in [0, 0.1) is 0 Å². The van der Waals surface area contributed by atoms with Crippen LogP contribution in [0.4, 0.5) is 0 Å². The van der Waals surface area contributed by atoms with Gasteiger partial charge >= 0.3 is 0 Å². The van der Waals surface area contributed by atoms with Gasteiger partial charge < -0.3 is 15.2 Å². The predicted molar refractivity (Wildman–Crippen MR) is 84.1 cm³/mol. The van der Waals surface area contributed by atoms with Crippen LogP contribution in [0.25, 0.3) is 0 Å². The quantitative estimate of drug-likeness (QED) is 0.886. The number of aromatic nitrogens is 1. The molecular weight excluding hydrogens is 288 g/mol. The fourth-order valence-electron chi connectivity index (χ4n) is 2.05. The van der Waals surface area contributed by atoms with E-state index in [1.54, 1.807) is 18.3 Å². The largest absolute Gasteiger partial charge is 0.490 e. The smallest absolute Gasteiger partial charge is 0.161 e. The Hall–Kier alpha value is -1.78. The molecule has 1 atom stereocenters. The summed E-state index contributed by atoms with van der Waals surface area (Å²) in [5, 5.41) is 0.553. The van der Waals surface area contributed by atoms with Crippen molar-refractivity contribution in [1.82, 2.24) is 4.98 Å². The van der Waals surface area contributed by atoms with E-state index >= 15 is 0 Å². The van der Waals surface area contributed by atoms with Gasteiger partial charge in [-0.15, -0.1) is 0 Å². The van der Waals surface area contributed by atoms with Gasteiger partial charge in [0.2, 0.25) is 0 Å². The third-order valence-corrected chi connectivity index (χ3v) is 3.33. The molecule has 2 N–H and O–H groups in total. The topological polar surface area (TPSA) is 57.4 Å². The Morgan fingerprint density at radius 1 is 1.14 bits per heavy atom. The number of hydrogen-bond acceptors (Lipinski definition) is 4. The SMILES string of the molecule is CCOc1ccc(C(N)c2ncccc2Cl)cc1OCC. The number of pyridine rings is 1. The molecule has 0 spiro atoms. The molecule has 1 aromatic carbocycles. The first-order valence-electron chi connectivity index (χ1n) is 6.92. The van der Waals surface area contributed by atoms with E-state index in [1.807, 2.05) is 32.0 Å². The number of rotatable bonds is 6. The maximum atomic E-state index is 6.26. The summed E-state index contributed by atoms with van der Waals surface area (Å²) in [6, 6.07) is 8.80. The zero-order valence-corrected chi connectivity index (χ0v) is 12.9. The van der Waals surface area contributed by atoms with E-state index in [0.29, 0.717) is 35.4 Å². The standard InChI is InChI=1S/C16H19ClN2O2/c1-3-20-13-8-7-11(10-14(13)21-4-2)15(18)16-12(17)6-5-9-19-16/h5-10,15H,3-4,18H2,1-2H3. The highest BCUT2D eigenvalue weighted by Crippen LogP contribution is 2.32. The summed E-state index contributed by atoms with van der Waals surface area (Å²) in [5.74, 6) is 1.39. The minimum atomic E-state index is -0.409. The molecule has 4 nitrogen and oxygen atoms in total. The summed E-state index contributed by atoms with van der Waals surface area (Å²) in [6.45, 7) is 5.00. The zero-order chi connectivity index (χ0) is 15.2. The Balaban J connectivity index is 2.35. The molecule has 21 heavy (non-hydrogen) atoms. The summed E-state index contributed by atoms with van der Waals surface area (Å²) in [7, 11) is 0. The molecule has 0 saturated heterocycles. The van der Waals surface area contributed by atoms with Gasteiger partial charge in [0.25, 0.3) is 0 Å². The minimum Gasteiger partial charge on any atom is -0.490 e. The van der Waals surface area contributed by atoms with Crippen LogP contribution in [0.3, 0.4) is 0 Å². The number of benzene rings is 1. The van der Waals surface area contributed by atoms with Crippen LogP contribution in [0.5, 0.6) is 11.5 Å². The summed E-state index contributed by atoms with van der Waals surface area (Å²) >= 11 is 6.15. The lowest BCUT2D eigenvalue weighted by Gasteiger charge is -2.16. The van der Waals surface area contributed by atoms with E-state index in [4.69, 9.17) is 26.8 Å². The minimum absolute atomic E-state index is 0.409. The Labute approximate surface area is 129 Å². The number of hydrogen-bond donors (Lipinski definition) is 1. The molecule has 0 saturated carbocycles. The highest BCUT2D eigenvalue weighted by molar-refractivity contribution is 6.31. The Kier molecular flexibility index (Phi) is 5.42. The van der Waals surface area contributed by atoms with Crippen molar-refractivity contribution in [1.29, 1.82) is 0 Å². The Morgan fingerprint density at radius 2 is 1.86 bits per heavy atom. The first kappa shape index (κ1) is 15.6. The number of nitrogens with two attached hydrogens (primary N) is 1. The first-order valence-corrected chi connectivity index (χ1v) is 7.30. The predicted octanol–water partition coefficient (Wildman–Crippen LogP) is 3.58. The lowest BCUT2D eigenvalue weighted by atomic mass is 10.0. The molecule has 0 bridgehead atoms. The molecule has 0 aliphatic carbocycles. The Bertz CT molecular complexity index is 605. The molecule has 112 valence electrons. The lowest BCUT2D eigenvalue weighted by molar-refractivity contribution is 0.287. The zero-order valence-electron chi connectivity index (χ0n) is 12.2. The Morgan fingerprint density at radius 3 is 2.52 bits per heavy atom. The highest BCUT2D eigenvalue weighted by Gasteiger charge is 2.16. The van der Waals surface area contributed by atoms with E-state index < -0.39 is 6.04 Å². The number of ether oxygens (including phenoxy) is 2. The van der Waals surface area contributed by atoms with E-state index in [1.165, 1.54) is 0 Å². The van der Waals surface area contributed by atoms with E-state index in [-0.39, 0.29) is 0 Å². The van der Waals surface area contributed by atoms with Gasteiger partial charge in [-0.2, -0.15) is 0 Å². The molecule has 1 heterocycles. The van der Waals surface area contributed by atoms with Gasteiger partial charge in [-0.25, -0.2) is 0 Å². The van der Waals surface area contributed by atoms with E-state index in [2.05, 4.69) is 4.98 Å². The summed E-state index contributed by atoms with van der Waals surface area (Å²) in [6.07, 6.45) is 1.68. The second kappa shape index (κ2) is 7.29. The lowest BCUT2D eigenvalue weighted by Crippen LogP contribution is -2.14. The van der Waals surface area contributed by atoms with Crippen LogP contribution >= 0.6 is 11.6 Å². The molecule has 0 amide bonds. The van der Waals surface area contributed by atoms with Crippen molar-refractivity contribution >= 4 is 11.6 Å². The van der Waals surface area contributed by atoms with Crippen molar-refractivity contribution in [3.05, 3.63) is 52.8 Å². The average molecular weight is 307 g/mol. The van der Waals surface area contributed by atoms with Crippen molar-refractivity contribution in [2.75, 3.05) is 13.2 Å². The summed E-state index contributed by atoms with van der Waals surface area (Å²) in [5.41, 5.74) is 7.78. The highest BCUT2D eigenvalue weighted by atomic mass is 35.5. The molecule has 2 rings (SSSR count). The van der Waals surface area contributed by atoms with Gasteiger partial charge in [0.15, 0.2) is 11.5 Å². The molecule has 5 heteroatoms. The van der Waals surface area contributed by atoms with Gasteiger partial charge in [0.05, 0.1) is 30.0 Å². The van der Waals surface area contributed by atoms with Crippen molar-refractivity contribution in [3.8, 4) is 11.5 Å². The van der Waals surface area contributed by atoms with Gasteiger partial charge in [-0.3, -0.25) is 4.98 Å². The van der Waals surface area contributed by atoms with Gasteiger partial charge in [-0.1, -0.05) is 17.7 Å². The van der Waals surface area contributed by atoms with Gasteiger partial charge in [-0.05, 0) is 43.7 Å². The third-order valence-electron chi connectivity index (χ3n) is 3.01. The van der Waals surface area contributed by atoms with Crippen LogP contribution < -0.4 is 15.2 Å². The fraction of sp³-hybridized carbons (Fsp3) is 0.312. The van der Waals surface area contributed by atoms with Crippen LogP contribution in [-0.4, -0.2) is 18.2 Å². The second-order valence-electron chi connectivity index (χ2n) is 4.42. The van der Waals surface area contributed by atoms with E-state index in [0.717, 1.165) is 5.56 Å². The van der Waals surface area contributed by atoms with Crippen molar-refractivity contribution < 1.29 is 9.47 Å². The van der Waals surface area contributed by atoms with Gasteiger partial charge in [0.1, 0.15) is 0 Å². The molecule has 2 aromatic rings. The molecule has 1 unspecified atom stereocenters. The van der Waals surface area contributed by atoms with E-state index in [9.17, 15) is 0 Å². The number of nitrogens with zero attached hydrogens (tertiary/aromatic N) is 1. The number of halogens is 1. The summed E-state index contributed by atoms with van der Waals surface area (Å²) in [4.78, 5) is 4.26. The fourth-order valence-corrected chi connectivity index (χ4v) is 2.28. The molecular formula is C16H19ClN2O2. The van der Waals surface area contributed by atoms with Crippen molar-refractivity contribution in [3.63, 3.8) is 0 Å². The maximum absolute atomic E-state index is 6.26. The van der Waals surface area contributed by atoms with Crippen LogP contribution in [0.1, 0.15) is 31.1 Å². The first-order chi connectivity index (χ1) is 10.2.